The number of anilines is 1. The summed E-state index contributed by atoms with van der Waals surface area (Å²) in [5, 5.41) is 11.7. The molecule has 1 aromatic carbocycles. The van der Waals surface area contributed by atoms with Gasteiger partial charge in [0, 0.05) is 0 Å². The zero-order valence-electron chi connectivity index (χ0n) is 11.1. The highest BCUT2D eigenvalue weighted by atomic mass is 16.1. The minimum atomic E-state index is -0.277. The Morgan fingerprint density at radius 2 is 1.89 bits per heavy atom. The van der Waals surface area contributed by atoms with Gasteiger partial charge in [0.1, 0.15) is 5.69 Å². The predicted octanol–water partition coefficient (Wildman–Crippen LogP) is 1.62. The van der Waals surface area contributed by atoms with Crippen LogP contribution in [-0.2, 0) is 0 Å². The molecular weight excluding hydrogens is 242 g/mol. The number of hydrogen-bond acceptors (Lipinski definition) is 5. The molecule has 0 saturated carbocycles. The van der Waals surface area contributed by atoms with Gasteiger partial charge in [-0.15, -0.1) is 10.2 Å². The van der Waals surface area contributed by atoms with Gasteiger partial charge in [0.2, 0.25) is 5.95 Å². The molecule has 98 valence electrons. The molecule has 0 aliphatic carbocycles. The number of nitrogens with zero attached hydrogens (tertiary/aromatic N) is 3. The molecule has 6 heteroatoms. The zero-order chi connectivity index (χ0) is 13.8. The number of hydrogen-bond donors (Lipinski definition) is 2. The highest BCUT2D eigenvalue weighted by Gasteiger charge is 2.00. The number of rotatable bonds is 3. The second kappa shape index (κ2) is 5.43. The van der Waals surface area contributed by atoms with Gasteiger partial charge in [-0.25, -0.2) is 5.43 Å². The summed E-state index contributed by atoms with van der Waals surface area (Å²) in [4.78, 5) is 13.9. The van der Waals surface area contributed by atoms with Crippen LogP contribution in [0.2, 0.25) is 0 Å². The lowest BCUT2D eigenvalue weighted by Crippen LogP contribution is -2.16. The maximum absolute atomic E-state index is 11.3. The van der Waals surface area contributed by atoms with E-state index in [-0.39, 0.29) is 11.5 Å². The summed E-state index contributed by atoms with van der Waals surface area (Å²) in [6, 6.07) is 8.00. The largest absolute Gasteiger partial charge is 0.288 e. The first-order chi connectivity index (χ1) is 9.06. The van der Waals surface area contributed by atoms with Gasteiger partial charge in [-0.1, -0.05) is 29.8 Å². The van der Waals surface area contributed by atoms with E-state index < -0.39 is 0 Å². The first-order valence-corrected chi connectivity index (χ1v) is 5.87. The van der Waals surface area contributed by atoms with Crippen LogP contribution in [0.4, 0.5) is 5.95 Å². The van der Waals surface area contributed by atoms with Gasteiger partial charge in [-0.05, 0) is 26.3 Å². The van der Waals surface area contributed by atoms with Crippen LogP contribution in [0.15, 0.2) is 34.2 Å². The van der Waals surface area contributed by atoms with E-state index in [0.717, 1.165) is 11.3 Å². The first-order valence-electron chi connectivity index (χ1n) is 5.87. The molecule has 0 unspecified atom stereocenters. The van der Waals surface area contributed by atoms with Gasteiger partial charge in [-0.2, -0.15) is 5.10 Å². The topological polar surface area (TPSA) is 83.0 Å². The van der Waals surface area contributed by atoms with Crippen molar-refractivity contribution in [3.63, 3.8) is 0 Å². The molecule has 0 atom stereocenters. The van der Waals surface area contributed by atoms with Crippen LogP contribution in [0.3, 0.4) is 0 Å². The monoisotopic (exact) mass is 257 g/mol. The van der Waals surface area contributed by atoms with E-state index in [2.05, 4.69) is 25.7 Å². The van der Waals surface area contributed by atoms with Crippen LogP contribution in [0.1, 0.15) is 23.7 Å². The van der Waals surface area contributed by atoms with Crippen molar-refractivity contribution in [2.45, 2.75) is 20.8 Å². The van der Waals surface area contributed by atoms with E-state index in [0.29, 0.717) is 5.69 Å². The Bertz CT molecular complexity index is 657. The van der Waals surface area contributed by atoms with E-state index in [4.69, 9.17) is 0 Å². The van der Waals surface area contributed by atoms with E-state index in [1.807, 2.05) is 38.1 Å². The Labute approximate surface area is 110 Å². The predicted molar refractivity (Wildman–Crippen MR) is 74.4 cm³/mol. The number of nitrogens with one attached hydrogen (secondary N) is 2. The molecule has 6 nitrogen and oxygen atoms in total. The van der Waals surface area contributed by atoms with Gasteiger partial charge in [0.25, 0.3) is 5.56 Å². The fourth-order valence-electron chi connectivity index (χ4n) is 1.44. The van der Waals surface area contributed by atoms with E-state index >= 15 is 0 Å². The van der Waals surface area contributed by atoms with Crippen molar-refractivity contribution in [3.05, 3.63) is 51.4 Å². The van der Waals surface area contributed by atoms with Crippen molar-refractivity contribution in [1.29, 1.82) is 0 Å². The third-order valence-corrected chi connectivity index (χ3v) is 2.66. The molecule has 0 fully saturated rings. The summed E-state index contributed by atoms with van der Waals surface area (Å²) >= 11 is 0. The third kappa shape index (κ3) is 3.25. The molecule has 0 aliphatic heterocycles. The summed E-state index contributed by atoms with van der Waals surface area (Å²) in [7, 11) is 0. The van der Waals surface area contributed by atoms with Crippen molar-refractivity contribution in [1.82, 2.24) is 15.2 Å². The SMILES string of the molecule is CC(=NNc1nnc(C)c(=O)[nH]1)c1ccc(C)cc1. The summed E-state index contributed by atoms with van der Waals surface area (Å²) in [5.74, 6) is 0.224. The summed E-state index contributed by atoms with van der Waals surface area (Å²) in [6.07, 6.45) is 0. The molecule has 0 amide bonds. The maximum Gasteiger partial charge on any atom is 0.274 e. The Balaban J connectivity index is 2.15. The molecule has 2 rings (SSSR count). The normalized spacial score (nSPS) is 11.4. The van der Waals surface area contributed by atoms with Crippen LogP contribution in [0, 0.1) is 13.8 Å². The van der Waals surface area contributed by atoms with E-state index in [9.17, 15) is 4.79 Å². The van der Waals surface area contributed by atoms with E-state index in [1.165, 1.54) is 5.56 Å². The molecule has 19 heavy (non-hydrogen) atoms. The Hall–Kier alpha value is -2.50. The van der Waals surface area contributed by atoms with Crippen LogP contribution in [0.5, 0.6) is 0 Å². The summed E-state index contributed by atoms with van der Waals surface area (Å²) in [5.41, 5.74) is 5.72. The van der Waals surface area contributed by atoms with Gasteiger partial charge in [0.15, 0.2) is 0 Å². The molecule has 0 saturated heterocycles. The Morgan fingerprint density at radius 3 is 2.53 bits per heavy atom. The zero-order valence-corrected chi connectivity index (χ0v) is 11.1. The van der Waals surface area contributed by atoms with Crippen LogP contribution < -0.4 is 11.0 Å². The number of aryl methyl sites for hydroxylation is 2. The maximum atomic E-state index is 11.3. The Morgan fingerprint density at radius 1 is 1.21 bits per heavy atom. The lowest BCUT2D eigenvalue weighted by atomic mass is 10.1. The summed E-state index contributed by atoms with van der Waals surface area (Å²) in [6.45, 7) is 5.50. The molecule has 2 N–H and O–H groups in total. The first kappa shape index (κ1) is 12.9. The second-order valence-corrected chi connectivity index (χ2v) is 4.26. The molecule has 0 radical (unpaired) electrons. The Kier molecular flexibility index (Phi) is 3.70. The summed E-state index contributed by atoms with van der Waals surface area (Å²) < 4.78 is 0. The second-order valence-electron chi connectivity index (χ2n) is 4.26. The van der Waals surface area contributed by atoms with Crippen molar-refractivity contribution < 1.29 is 0 Å². The van der Waals surface area contributed by atoms with Gasteiger partial charge >= 0.3 is 0 Å². The molecule has 1 heterocycles. The lowest BCUT2D eigenvalue weighted by Gasteiger charge is -2.03. The fraction of sp³-hybridized carbons (Fsp3) is 0.231. The number of hydrazone groups is 1. The van der Waals surface area contributed by atoms with Crippen molar-refractivity contribution in [2.24, 2.45) is 5.10 Å². The van der Waals surface area contributed by atoms with Crippen LogP contribution in [0.25, 0.3) is 0 Å². The van der Waals surface area contributed by atoms with Crippen molar-refractivity contribution in [2.75, 3.05) is 5.43 Å². The van der Waals surface area contributed by atoms with Crippen molar-refractivity contribution >= 4 is 11.7 Å². The molecule has 0 bridgehead atoms. The smallest absolute Gasteiger partial charge is 0.274 e. The standard InChI is InChI=1S/C13H15N5O/c1-8-4-6-11(7-5-8)9(2)15-17-13-14-12(19)10(3)16-18-13/h4-7H,1-3H3,(H2,14,17,18,19). The molecule has 2 aromatic rings. The number of H-pyrrole nitrogens is 1. The highest BCUT2D eigenvalue weighted by Crippen LogP contribution is 2.05. The quantitative estimate of drug-likeness (QED) is 0.646. The van der Waals surface area contributed by atoms with Crippen LogP contribution >= 0.6 is 0 Å². The average Bonchev–Trinajstić information content (AvgIpc) is 2.40. The lowest BCUT2D eigenvalue weighted by molar-refractivity contribution is 0.897. The van der Waals surface area contributed by atoms with E-state index in [1.54, 1.807) is 6.92 Å². The molecule has 0 aliphatic rings. The molecular formula is C13H15N5O. The minimum Gasteiger partial charge on any atom is -0.288 e. The van der Waals surface area contributed by atoms with Gasteiger partial charge < -0.3 is 0 Å². The molecule has 1 aromatic heterocycles. The molecule has 0 spiro atoms. The van der Waals surface area contributed by atoms with Gasteiger partial charge in [-0.3, -0.25) is 9.78 Å². The minimum absolute atomic E-state index is 0.224. The average molecular weight is 257 g/mol. The third-order valence-electron chi connectivity index (χ3n) is 2.66. The fourth-order valence-corrected chi connectivity index (χ4v) is 1.44. The number of benzene rings is 1. The van der Waals surface area contributed by atoms with Crippen LogP contribution in [-0.4, -0.2) is 20.9 Å². The number of aromatic nitrogens is 3. The van der Waals surface area contributed by atoms with Gasteiger partial charge in [0.05, 0.1) is 5.71 Å². The highest BCUT2D eigenvalue weighted by molar-refractivity contribution is 5.98. The van der Waals surface area contributed by atoms with Crippen molar-refractivity contribution in [3.8, 4) is 0 Å². The number of aromatic amines is 1.